The third-order valence-corrected chi connectivity index (χ3v) is 2.66. The third kappa shape index (κ3) is 3.68. The van der Waals surface area contributed by atoms with Crippen molar-refractivity contribution in [3.63, 3.8) is 0 Å². The highest BCUT2D eigenvalue weighted by atomic mass is 16.5. The van der Waals surface area contributed by atoms with Gasteiger partial charge in [-0.25, -0.2) is 0 Å². The molecule has 0 radical (unpaired) electrons. The largest absolute Gasteiger partial charge is 0.472 e. The first kappa shape index (κ1) is 12.3. The van der Waals surface area contributed by atoms with Gasteiger partial charge in [0, 0.05) is 13.2 Å². The minimum absolute atomic E-state index is 0.264. The fourth-order valence-corrected chi connectivity index (χ4v) is 1.88. The van der Waals surface area contributed by atoms with Crippen LogP contribution in [0.4, 0.5) is 0 Å². The predicted octanol–water partition coefficient (Wildman–Crippen LogP) is 2.23. The van der Waals surface area contributed by atoms with Crippen LogP contribution < -0.4 is 5.32 Å². The molecule has 0 amide bonds. The van der Waals surface area contributed by atoms with Gasteiger partial charge in [0.05, 0.1) is 18.6 Å². The highest BCUT2D eigenvalue weighted by Crippen LogP contribution is 2.11. The fraction of sp³-hybridized carbons (Fsp3) is 0.667. The summed E-state index contributed by atoms with van der Waals surface area (Å²) in [5, 5.41) is 3.46. The lowest BCUT2D eigenvalue weighted by Gasteiger charge is -2.25. The van der Waals surface area contributed by atoms with Crippen molar-refractivity contribution in [3.8, 4) is 0 Å². The van der Waals surface area contributed by atoms with Crippen LogP contribution in [-0.2, 0) is 11.2 Å². The van der Waals surface area contributed by atoms with Crippen LogP contribution >= 0.6 is 0 Å². The highest BCUT2D eigenvalue weighted by Gasteiger charge is 2.19. The molecule has 3 nitrogen and oxygen atoms in total. The summed E-state index contributed by atoms with van der Waals surface area (Å²) in [7, 11) is 1.77. The average Bonchev–Trinajstić information content (AvgIpc) is 2.72. The maximum atomic E-state index is 5.47. The molecule has 0 aromatic carbocycles. The SMILES string of the molecule is CCNC(Cc1ccoc1)C(CC)OC. The van der Waals surface area contributed by atoms with Gasteiger partial charge in [-0.3, -0.25) is 0 Å². The maximum absolute atomic E-state index is 5.47. The van der Waals surface area contributed by atoms with Gasteiger partial charge in [0.25, 0.3) is 0 Å². The summed E-state index contributed by atoms with van der Waals surface area (Å²) in [5.74, 6) is 0. The Morgan fingerprint density at radius 2 is 2.27 bits per heavy atom. The summed E-state index contributed by atoms with van der Waals surface area (Å²) >= 11 is 0. The van der Waals surface area contributed by atoms with Gasteiger partial charge in [0.1, 0.15) is 0 Å². The third-order valence-electron chi connectivity index (χ3n) is 2.66. The van der Waals surface area contributed by atoms with Crippen molar-refractivity contribution in [2.75, 3.05) is 13.7 Å². The van der Waals surface area contributed by atoms with Crippen molar-refractivity contribution in [1.29, 1.82) is 0 Å². The van der Waals surface area contributed by atoms with E-state index in [9.17, 15) is 0 Å². The second-order valence-electron chi connectivity index (χ2n) is 3.68. The zero-order valence-electron chi connectivity index (χ0n) is 9.82. The fourth-order valence-electron chi connectivity index (χ4n) is 1.88. The Morgan fingerprint density at radius 1 is 1.47 bits per heavy atom. The van der Waals surface area contributed by atoms with E-state index < -0.39 is 0 Å². The van der Waals surface area contributed by atoms with Gasteiger partial charge in [-0.1, -0.05) is 13.8 Å². The van der Waals surface area contributed by atoms with E-state index in [1.54, 1.807) is 19.6 Å². The molecule has 2 atom stereocenters. The monoisotopic (exact) mass is 211 g/mol. The molecule has 3 heteroatoms. The van der Waals surface area contributed by atoms with Crippen molar-refractivity contribution in [2.45, 2.75) is 38.8 Å². The lowest BCUT2D eigenvalue weighted by atomic mass is 10.0. The molecule has 86 valence electrons. The molecule has 1 N–H and O–H groups in total. The van der Waals surface area contributed by atoms with Crippen LogP contribution in [0.15, 0.2) is 23.0 Å². The van der Waals surface area contributed by atoms with Crippen LogP contribution in [0.5, 0.6) is 0 Å². The number of methoxy groups -OCH3 is 1. The van der Waals surface area contributed by atoms with Crippen LogP contribution in [0.1, 0.15) is 25.8 Å². The topological polar surface area (TPSA) is 34.4 Å². The number of furan rings is 1. The number of likely N-dealkylation sites (N-methyl/N-ethyl adjacent to an activating group) is 1. The second kappa shape index (κ2) is 6.64. The molecular weight excluding hydrogens is 190 g/mol. The van der Waals surface area contributed by atoms with Crippen molar-refractivity contribution in [1.82, 2.24) is 5.32 Å². The molecule has 0 spiro atoms. The molecule has 0 bridgehead atoms. The molecule has 1 aromatic heterocycles. The second-order valence-corrected chi connectivity index (χ2v) is 3.68. The number of rotatable bonds is 7. The zero-order chi connectivity index (χ0) is 11.1. The van der Waals surface area contributed by atoms with Crippen molar-refractivity contribution >= 4 is 0 Å². The first-order chi connectivity index (χ1) is 7.31. The molecule has 0 saturated heterocycles. The summed E-state index contributed by atoms with van der Waals surface area (Å²) in [4.78, 5) is 0. The Bertz CT molecular complexity index is 242. The molecule has 2 unspecified atom stereocenters. The van der Waals surface area contributed by atoms with Gasteiger partial charge in [-0.2, -0.15) is 0 Å². The van der Waals surface area contributed by atoms with Gasteiger partial charge in [0.2, 0.25) is 0 Å². The van der Waals surface area contributed by atoms with Crippen LogP contribution in [0, 0.1) is 0 Å². The summed E-state index contributed by atoms with van der Waals surface area (Å²) in [6.07, 6.45) is 5.75. The van der Waals surface area contributed by atoms with Crippen molar-refractivity contribution < 1.29 is 9.15 Å². The summed E-state index contributed by atoms with van der Waals surface area (Å²) < 4.78 is 10.5. The molecule has 0 aliphatic rings. The van der Waals surface area contributed by atoms with Crippen LogP contribution in [0.3, 0.4) is 0 Å². The molecule has 1 rings (SSSR count). The minimum atomic E-state index is 0.264. The van der Waals surface area contributed by atoms with Gasteiger partial charge >= 0.3 is 0 Å². The number of hydrogen-bond acceptors (Lipinski definition) is 3. The Balaban J connectivity index is 2.56. The molecule has 1 aromatic rings. The minimum Gasteiger partial charge on any atom is -0.472 e. The Kier molecular flexibility index (Phi) is 5.43. The Hall–Kier alpha value is -0.800. The molecule has 15 heavy (non-hydrogen) atoms. The van der Waals surface area contributed by atoms with E-state index in [4.69, 9.17) is 9.15 Å². The summed E-state index contributed by atoms with van der Waals surface area (Å²) in [6, 6.07) is 2.37. The van der Waals surface area contributed by atoms with Crippen LogP contribution in [0.25, 0.3) is 0 Å². The smallest absolute Gasteiger partial charge is 0.0935 e. The molecule has 0 fully saturated rings. The van der Waals surface area contributed by atoms with Gasteiger partial charge in [-0.15, -0.1) is 0 Å². The number of nitrogens with one attached hydrogen (secondary N) is 1. The average molecular weight is 211 g/mol. The lowest BCUT2D eigenvalue weighted by Crippen LogP contribution is -2.42. The predicted molar refractivity (Wildman–Crippen MR) is 61.0 cm³/mol. The van der Waals surface area contributed by atoms with Crippen LogP contribution in [-0.4, -0.2) is 25.8 Å². The molecule has 0 saturated carbocycles. The summed E-state index contributed by atoms with van der Waals surface area (Å²) in [6.45, 7) is 5.22. The Labute approximate surface area is 91.8 Å². The summed E-state index contributed by atoms with van der Waals surface area (Å²) in [5.41, 5.74) is 1.22. The first-order valence-corrected chi connectivity index (χ1v) is 5.59. The normalized spacial score (nSPS) is 15.1. The molecule has 0 aliphatic heterocycles. The number of hydrogen-bond donors (Lipinski definition) is 1. The van der Waals surface area contributed by atoms with E-state index in [2.05, 4.69) is 19.2 Å². The van der Waals surface area contributed by atoms with Crippen LogP contribution in [0.2, 0.25) is 0 Å². The van der Waals surface area contributed by atoms with Gasteiger partial charge < -0.3 is 14.5 Å². The van der Waals surface area contributed by atoms with Gasteiger partial charge in [0.15, 0.2) is 0 Å². The van der Waals surface area contributed by atoms with E-state index in [1.165, 1.54) is 5.56 Å². The zero-order valence-corrected chi connectivity index (χ0v) is 9.82. The van der Waals surface area contributed by atoms with E-state index in [-0.39, 0.29) is 6.10 Å². The highest BCUT2D eigenvalue weighted by molar-refractivity contribution is 5.08. The standard InChI is InChI=1S/C12H21NO2/c1-4-12(14-3)11(13-5-2)8-10-6-7-15-9-10/h6-7,9,11-13H,4-5,8H2,1-3H3. The first-order valence-electron chi connectivity index (χ1n) is 5.59. The maximum Gasteiger partial charge on any atom is 0.0935 e. The lowest BCUT2D eigenvalue weighted by molar-refractivity contribution is 0.0658. The molecule has 1 heterocycles. The van der Waals surface area contributed by atoms with E-state index in [1.807, 2.05) is 6.07 Å². The number of ether oxygens (including phenoxy) is 1. The van der Waals surface area contributed by atoms with E-state index >= 15 is 0 Å². The Morgan fingerprint density at radius 3 is 2.73 bits per heavy atom. The molecular formula is C12H21NO2. The molecule has 0 aliphatic carbocycles. The van der Waals surface area contributed by atoms with E-state index in [0.717, 1.165) is 19.4 Å². The quantitative estimate of drug-likeness (QED) is 0.751. The van der Waals surface area contributed by atoms with Crippen molar-refractivity contribution in [3.05, 3.63) is 24.2 Å². The van der Waals surface area contributed by atoms with Gasteiger partial charge in [-0.05, 0) is 31.0 Å². The van der Waals surface area contributed by atoms with E-state index in [0.29, 0.717) is 6.04 Å². The van der Waals surface area contributed by atoms with Crippen molar-refractivity contribution in [2.24, 2.45) is 0 Å².